The molecule has 2 heterocycles. The largest absolute Gasteiger partial charge is 0.472 e. The quantitative estimate of drug-likeness (QED) is 0.593. The van der Waals surface area contributed by atoms with Gasteiger partial charge in [-0.2, -0.15) is 0 Å². The van der Waals surface area contributed by atoms with Crippen LogP contribution < -0.4 is 14.0 Å². The SMILES string of the molecule is C1=Cc2c(ccc3c2OCO3)OP1. The summed E-state index contributed by atoms with van der Waals surface area (Å²) < 4.78 is 16.1. The van der Waals surface area contributed by atoms with Crippen LogP contribution in [0.25, 0.3) is 6.08 Å². The van der Waals surface area contributed by atoms with Crippen molar-refractivity contribution in [1.29, 1.82) is 0 Å². The minimum Gasteiger partial charge on any atom is -0.472 e. The van der Waals surface area contributed by atoms with Crippen molar-refractivity contribution in [2.45, 2.75) is 0 Å². The first kappa shape index (κ1) is 7.22. The molecule has 2 aliphatic heterocycles. The molecule has 0 saturated heterocycles. The Kier molecular flexibility index (Phi) is 1.47. The van der Waals surface area contributed by atoms with Gasteiger partial charge in [-0.1, -0.05) is 0 Å². The molecule has 0 aromatic heterocycles. The van der Waals surface area contributed by atoms with Gasteiger partial charge in [-0.15, -0.1) is 0 Å². The van der Waals surface area contributed by atoms with E-state index in [0.29, 0.717) is 15.6 Å². The number of benzene rings is 1. The Morgan fingerprint density at radius 3 is 3.08 bits per heavy atom. The second-order valence-electron chi connectivity index (χ2n) is 2.76. The minimum atomic E-state index is 0.307. The van der Waals surface area contributed by atoms with Crippen LogP contribution in [0.15, 0.2) is 17.9 Å². The van der Waals surface area contributed by atoms with Crippen LogP contribution >= 0.6 is 8.81 Å². The summed E-state index contributed by atoms with van der Waals surface area (Å²) >= 11 is 0. The molecule has 66 valence electrons. The first-order valence-electron chi connectivity index (χ1n) is 3.97. The van der Waals surface area contributed by atoms with Crippen molar-refractivity contribution in [3.8, 4) is 17.2 Å². The Morgan fingerprint density at radius 1 is 1.15 bits per heavy atom. The van der Waals surface area contributed by atoms with Gasteiger partial charge >= 0.3 is 0 Å². The fourth-order valence-corrected chi connectivity index (χ4v) is 2.05. The third kappa shape index (κ3) is 1.01. The van der Waals surface area contributed by atoms with Crippen LogP contribution in [0.1, 0.15) is 5.56 Å². The second-order valence-corrected chi connectivity index (χ2v) is 3.54. The van der Waals surface area contributed by atoms with E-state index in [4.69, 9.17) is 14.0 Å². The summed E-state index contributed by atoms with van der Waals surface area (Å²) in [6, 6.07) is 3.80. The topological polar surface area (TPSA) is 27.7 Å². The lowest BCUT2D eigenvalue weighted by Crippen LogP contribution is -1.94. The van der Waals surface area contributed by atoms with Gasteiger partial charge in [0.1, 0.15) is 5.75 Å². The van der Waals surface area contributed by atoms with Crippen molar-refractivity contribution in [3.63, 3.8) is 0 Å². The van der Waals surface area contributed by atoms with Crippen molar-refractivity contribution in [1.82, 2.24) is 0 Å². The molecule has 4 heteroatoms. The van der Waals surface area contributed by atoms with Gasteiger partial charge in [0.05, 0.1) is 14.4 Å². The zero-order valence-electron chi connectivity index (χ0n) is 6.74. The highest BCUT2D eigenvalue weighted by Gasteiger charge is 2.21. The van der Waals surface area contributed by atoms with E-state index in [9.17, 15) is 0 Å². The predicted molar refractivity (Wildman–Crippen MR) is 50.5 cm³/mol. The van der Waals surface area contributed by atoms with Crippen LogP contribution in [0, 0.1) is 0 Å². The molecule has 1 aromatic rings. The first-order valence-corrected chi connectivity index (χ1v) is 4.95. The molecule has 0 spiro atoms. The van der Waals surface area contributed by atoms with E-state index in [0.717, 1.165) is 22.8 Å². The third-order valence-corrected chi connectivity index (χ3v) is 2.67. The second kappa shape index (κ2) is 2.64. The first-order chi connectivity index (χ1) is 6.45. The van der Waals surface area contributed by atoms with E-state index in [1.165, 1.54) is 0 Å². The zero-order valence-corrected chi connectivity index (χ0v) is 7.74. The summed E-state index contributed by atoms with van der Waals surface area (Å²) in [5, 5.41) is 0. The maximum Gasteiger partial charge on any atom is 0.231 e. The number of rotatable bonds is 0. The van der Waals surface area contributed by atoms with Gasteiger partial charge in [0, 0.05) is 0 Å². The molecule has 3 nitrogen and oxygen atoms in total. The van der Waals surface area contributed by atoms with E-state index < -0.39 is 0 Å². The van der Waals surface area contributed by atoms with Crippen LogP contribution in [0.4, 0.5) is 0 Å². The molecule has 1 atom stereocenters. The van der Waals surface area contributed by atoms with Crippen molar-refractivity contribution in [3.05, 3.63) is 23.5 Å². The monoisotopic (exact) mass is 194 g/mol. The molecule has 0 aliphatic carbocycles. The van der Waals surface area contributed by atoms with Gasteiger partial charge in [0.2, 0.25) is 6.79 Å². The molecule has 0 amide bonds. The molecular weight excluding hydrogens is 187 g/mol. The fourth-order valence-electron chi connectivity index (χ4n) is 1.44. The van der Waals surface area contributed by atoms with Gasteiger partial charge in [0.25, 0.3) is 0 Å². The van der Waals surface area contributed by atoms with Crippen molar-refractivity contribution < 1.29 is 14.0 Å². The smallest absolute Gasteiger partial charge is 0.231 e. The Hall–Kier alpha value is -1.21. The summed E-state index contributed by atoms with van der Waals surface area (Å²) in [6.45, 7) is 0.307. The lowest BCUT2D eigenvalue weighted by atomic mass is 10.1. The third-order valence-electron chi connectivity index (χ3n) is 2.02. The summed E-state index contributed by atoms with van der Waals surface area (Å²) in [5.74, 6) is 4.48. The zero-order chi connectivity index (χ0) is 8.67. The number of ether oxygens (including phenoxy) is 2. The Labute approximate surface area is 77.2 Å². The molecule has 0 N–H and O–H groups in total. The predicted octanol–water partition coefficient (Wildman–Crippen LogP) is 2.37. The Balaban J connectivity index is 2.24. The summed E-state index contributed by atoms with van der Waals surface area (Å²) in [4.78, 5) is 0. The van der Waals surface area contributed by atoms with E-state index in [2.05, 4.69) is 0 Å². The maximum atomic E-state index is 5.45. The van der Waals surface area contributed by atoms with Crippen LogP contribution in [0.5, 0.6) is 17.2 Å². The molecule has 2 aliphatic rings. The van der Waals surface area contributed by atoms with E-state index in [1.807, 2.05) is 24.0 Å². The number of fused-ring (bicyclic) bond motifs is 3. The van der Waals surface area contributed by atoms with Gasteiger partial charge < -0.3 is 14.0 Å². The molecule has 0 fully saturated rings. The standard InChI is InChI=1S/C9H7O3P/c1-2-8-9(11-5-10-8)6-3-4-13-12-7(1)6/h1-4,13H,5H2. The Bertz CT molecular complexity index is 387. The summed E-state index contributed by atoms with van der Waals surface area (Å²) in [6.07, 6.45) is 2.02. The van der Waals surface area contributed by atoms with Crippen LogP contribution in [-0.4, -0.2) is 6.79 Å². The average Bonchev–Trinajstić information content (AvgIpc) is 2.65. The van der Waals surface area contributed by atoms with Gasteiger partial charge in [0.15, 0.2) is 11.5 Å². The molecule has 13 heavy (non-hydrogen) atoms. The van der Waals surface area contributed by atoms with Crippen LogP contribution in [0.2, 0.25) is 0 Å². The number of hydrogen-bond donors (Lipinski definition) is 0. The van der Waals surface area contributed by atoms with Gasteiger partial charge in [-0.25, -0.2) is 0 Å². The lowest BCUT2D eigenvalue weighted by molar-refractivity contribution is 0.173. The van der Waals surface area contributed by atoms with Gasteiger partial charge in [-0.05, 0) is 24.0 Å². The molecule has 0 saturated carbocycles. The molecule has 1 unspecified atom stereocenters. The molecular formula is C9H7O3P. The highest BCUT2D eigenvalue weighted by atomic mass is 31.1. The summed E-state index contributed by atoms with van der Waals surface area (Å²) in [7, 11) is 0.407. The van der Waals surface area contributed by atoms with Crippen LogP contribution in [-0.2, 0) is 0 Å². The molecule has 0 bridgehead atoms. The molecule has 1 aromatic carbocycles. The minimum absolute atomic E-state index is 0.307. The lowest BCUT2D eigenvalue weighted by Gasteiger charge is -2.12. The van der Waals surface area contributed by atoms with Crippen LogP contribution in [0.3, 0.4) is 0 Å². The van der Waals surface area contributed by atoms with E-state index >= 15 is 0 Å². The van der Waals surface area contributed by atoms with Crippen molar-refractivity contribution >= 4 is 14.9 Å². The normalized spacial score (nSPS) is 18.5. The van der Waals surface area contributed by atoms with E-state index in [-0.39, 0.29) is 0 Å². The number of hydrogen-bond acceptors (Lipinski definition) is 3. The highest BCUT2D eigenvalue weighted by molar-refractivity contribution is 7.37. The molecule has 3 rings (SSSR count). The highest BCUT2D eigenvalue weighted by Crippen LogP contribution is 2.45. The van der Waals surface area contributed by atoms with Gasteiger partial charge in [-0.3, -0.25) is 0 Å². The maximum absolute atomic E-state index is 5.45. The Morgan fingerprint density at radius 2 is 2.08 bits per heavy atom. The van der Waals surface area contributed by atoms with Crippen molar-refractivity contribution in [2.24, 2.45) is 0 Å². The summed E-state index contributed by atoms with van der Waals surface area (Å²) in [5.41, 5.74) is 0.994. The van der Waals surface area contributed by atoms with E-state index in [1.54, 1.807) is 0 Å². The van der Waals surface area contributed by atoms with Crippen molar-refractivity contribution in [2.75, 3.05) is 6.79 Å². The average molecular weight is 194 g/mol. The molecule has 0 radical (unpaired) electrons. The fraction of sp³-hybridized carbons (Fsp3) is 0.111.